The lowest BCUT2D eigenvalue weighted by Gasteiger charge is -2.21. The largest absolute Gasteiger partial charge is 0.485 e. The lowest BCUT2D eigenvalue weighted by Crippen LogP contribution is -2.08. The molecule has 1 N–H and O–H groups in total. The number of aliphatic hydroxyl groups excluding tert-OH is 1. The standard InChI is InChI=1S/C58H56O10/c1-4-27-60-56-50(67-41-48-32-52(63-37-43-19-11-7-12-20-43)57(61-28-5-2)53(33-48)64-38-44-21-13-8-14-22-44)30-47(36-59)31-51(56)68-42-49-34-54(65-39-45-23-15-9-16-24-45)58(62-29-6-3)55(35-49)66-40-46-25-17-10-18-26-46/h4-26,30-35,59H,1-3,27-29,36-42H2. The number of aliphatic hydroxyl groups is 1. The molecule has 0 aliphatic heterocycles. The average molecular weight is 913 g/mol. The SMILES string of the molecule is C=CCOc1c(OCc2cc(OCc3ccccc3)c(OCC=C)c(OCc3ccccc3)c2)cc(CO)cc1OCc1cc(OCc2ccccc2)c(OCC=C)c(OCc2ccccc2)c1. The molecular formula is C58H56O10. The molecule has 0 aromatic heterocycles. The van der Waals surface area contributed by atoms with Crippen molar-refractivity contribution in [1.29, 1.82) is 0 Å². The summed E-state index contributed by atoms with van der Waals surface area (Å²) in [7, 11) is 0. The minimum absolute atomic E-state index is 0.0559. The summed E-state index contributed by atoms with van der Waals surface area (Å²) >= 11 is 0. The zero-order valence-electron chi connectivity index (χ0n) is 38.1. The Hall–Kier alpha value is -8.08. The molecule has 0 fully saturated rings. The highest BCUT2D eigenvalue weighted by molar-refractivity contribution is 5.57. The van der Waals surface area contributed by atoms with E-state index < -0.39 is 0 Å². The van der Waals surface area contributed by atoms with Crippen LogP contribution in [0.25, 0.3) is 0 Å². The van der Waals surface area contributed by atoms with Gasteiger partial charge in [-0.25, -0.2) is 0 Å². The Labute approximate surface area is 398 Å². The fraction of sp³-hybridized carbons (Fsp3) is 0.172. The van der Waals surface area contributed by atoms with Crippen molar-refractivity contribution in [2.75, 3.05) is 19.8 Å². The quantitative estimate of drug-likeness (QED) is 0.0478. The van der Waals surface area contributed by atoms with Crippen LogP contribution < -0.4 is 42.6 Å². The van der Waals surface area contributed by atoms with Gasteiger partial charge in [-0.2, -0.15) is 0 Å². The van der Waals surface area contributed by atoms with Crippen LogP contribution in [-0.2, 0) is 46.2 Å². The molecule has 10 heteroatoms. The summed E-state index contributed by atoms with van der Waals surface area (Å²) in [5.74, 6) is 3.75. The summed E-state index contributed by atoms with van der Waals surface area (Å²) in [4.78, 5) is 0. The van der Waals surface area contributed by atoms with Gasteiger partial charge in [0.25, 0.3) is 0 Å². The number of rotatable bonds is 28. The number of ether oxygens (including phenoxy) is 9. The highest BCUT2D eigenvalue weighted by Crippen LogP contribution is 2.44. The molecule has 10 nitrogen and oxygen atoms in total. The number of hydrogen-bond donors (Lipinski definition) is 1. The molecule has 0 saturated heterocycles. The minimum atomic E-state index is -0.289. The molecule has 0 saturated carbocycles. The third kappa shape index (κ3) is 14.0. The van der Waals surface area contributed by atoms with Gasteiger partial charge in [0, 0.05) is 0 Å². The smallest absolute Gasteiger partial charge is 0.203 e. The van der Waals surface area contributed by atoms with E-state index >= 15 is 0 Å². The summed E-state index contributed by atoms with van der Waals surface area (Å²) in [5.41, 5.74) is 5.92. The molecular weight excluding hydrogens is 857 g/mol. The summed E-state index contributed by atoms with van der Waals surface area (Å²) in [6.07, 6.45) is 4.97. The van der Waals surface area contributed by atoms with Gasteiger partial charge in [0.15, 0.2) is 34.5 Å². The van der Waals surface area contributed by atoms with Gasteiger partial charge in [0.1, 0.15) is 59.5 Å². The second-order valence-electron chi connectivity index (χ2n) is 15.4. The van der Waals surface area contributed by atoms with Gasteiger partial charge in [0.2, 0.25) is 17.2 Å². The van der Waals surface area contributed by atoms with Gasteiger partial charge < -0.3 is 47.7 Å². The highest BCUT2D eigenvalue weighted by atomic mass is 16.6. The lowest BCUT2D eigenvalue weighted by atomic mass is 10.1. The van der Waals surface area contributed by atoms with E-state index in [1.165, 1.54) is 0 Å². The fourth-order valence-corrected chi connectivity index (χ4v) is 6.91. The first-order valence-electron chi connectivity index (χ1n) is 22.3. The Kier molecular flexibility index (Phi) is 18.0. The van der Waals surface area contributed by atoms with Gasteiger partial charge in [-0.15, -0.1) is 0 Å². The van der Waals surface area contributed by atoms with Crippen molar-refractivity contribution in [2.45, 2.75) is 46.2 Å². The summed E-state index contributed by atoms with van der Waals surface area (Å²) < 4.78 is 57.4. The minimum Gasteiger partial charge on any atom is -0.485 e. The molecule has 0 aliphatic carbocycles. The van der Waals surface area contributed by atoms with Crippen molar-refractivity contribution in [3.63, 3.8) is 0 Å². The summed E-state index contributed by atoms with van der Waals surface area (Å²) in [5, 5.41) is 10.5. The lowest BCUT2D eigenvalue weighted by molar-refractivity contribution is 0.234. The maximum atomic E-state index is 10.5. The van der Waals surface area contributed by atoms with Gasteiger partial charge in [0.05, 0.1) is 6.61 Å². The summed E-state index contributed by atoms with van der Waals surface area (Å²) in [6.45, 7) is 13.2. The van der Waals surface area contributed by atoms with Crippen LogP contribution in [0, 0.1) is 0 Å². The van der Waals surface area contributed by atoms with Crippen molar-refractivity contribution in [3.05, 3.63) is 235 Å². The second kappa shape index (κ2) is 25.6. The van der Waals surface area contributed by atoms with Gasteiger partial charge in [-0.3, -0.25) is 0 Å². The van der Waals surface area contributed by atoms with Crippen LogP contribution in [0.3, 0.4) is 0 Å². The van der Waals surface area contributed by atoms with Crippen LogP contribution in [0.2, 0.25) is 0 Å². The Morgan fingerprint density at radius 3 is 0.735 bits per heavy atom. The molecule has 68 heavy (non-hydrogen) atoms. The third-order valence-electron chi connectivity index (χ3n) is 10.2. The normalized spacial score (nSPS) is 10.6. The molecule has 0 amide bonds. The molecule has 7 aromatic rings. The maximum absolute atomic E-state index is 10.5. The molecule has 0 bridgehead atoms. The molecule has 0 radical (unpaired) electrons. The van der Waals surface area contributed by atoms with Crippen LogP contribution in [0.4, 0.5) is 0 Å². The molecule has 0 heterocycles. The third-order valence-corrected chi connectivity index (χ3v) is 10.2. The molecule has 348 valence electrons. The van der Waals surface area contributed by atoms with Crippen LogP contribution in [0.15, 0.2) is 196 Å². The predicted octanol–water partition coefficient (Wildman–Crippen LogP) is 12.3. The van der Waals surface area contributed by atoms with E-state index in [1.54, 1.807) is 30.4 Å². The molecule has 7 rings (SSSR count). The van der Waals surface area contributed by atoms with Crippen molar-refractivity contribution in [1.82, 2.24) is 0 Å². The highest BCUT2D eigenvalue weighted by Gasteiger charge is 2.21. The number of hydrogen-bond acceptors (Lipinski definition) is 10. The first kappa shape index (κ1) is 47.9. The zero-order valence-corrected chi connectivity index (χ0v) is 38.1. The van der Waals surface area contributed by atoms with Gasteiger partial charge in [-0.1, -0.05) is 159 Å². The Bertz CT molecular complexity index is 2370. The fourth-order valence-electron chi connectivity index (χ4n) is 6.91. The molecule has 0 aliphatic rings. The van der Waals surface area contributed by atoms with Crippen molar-refractivity contribution in [3.8, 4) is 51.7 Å². The van der Waals surface area contributed by atoms with Crippen LogP contribution in [0.1, 0.15) is 38.9 Å². The van der Waals surface area contributed by atoms with Gasteiger partial charge >= 0.3 is 0 Å². The zero-order chi connectivity index (χ0) is 47.2. The van der Waals surface area contributed by atoms with E-state index in [0.29, 0.717) is 83.7 Å². The van der Waals surface area contributed by atoms with E-state index in [1.807, 2.05) is 146 Å². The molecule has 7 aromatic carbocycles. The monoisotopic (exact) mass is 912 g/mol. The Morgan fingerprint density at radius 1 is 0.294 bits per heavy atom. The van der Waals surface area contributed by atoms with Gasteiger partial charge in [-0.05, 0) is 75.3 Å². The van der Waals surface area contributed by atoms with E-state index in [4.69, 9.17) is 42.6 Å². The first-order valence-corrected chi connectivity index (χ1v) is 22.3. The van der Waals surface area contributed by atoms with Crippen molar-refractivity contribution < 1.29 is 47.7 Å². The second-order valence-corrected chi connectivity index (χ2v) is 15.4. The Morgan fingerprint density at radius 2 is 0.515 bits per heavy atom. The molecule has 0 unspecified atom stereocenters. The van der Waals surface area contributed by atoms with E-state index in [0.717, 1.165) is 33.4 Å². The summed E-state index contributed by atoms with van der Waals surface area (Å²) in [6, 6.07) is 50.4. The van der Waals surface area contributed by atoms with Crippen LogP contribution >= 0.6 is 0 Å². The predicted molar refractivity (Wildman–Crippen MR) is 264 cm³/mol. The number of benzene rings is 7. The Balaban J connectivity index is 1.20. The average Bonchev–Trinajstić information content (AvgIpc) is 3.39. The molecule has 0 atom stereocenters. The maximum Gasteiger partial charge on any atom is 0.203 e. The first-order chi connectivity index (χ1) is 33.5. The van der Waals surface area contributed by atoms with Crippen molar-refractivity contribution in [2.24, 2.45) is 0 Å². The van der Waals surface area contributed by atoms with E-state index in [9.17, 15) is 5.11 Å². The van der Waals surface area contributed by atoms with Crippen molar-refractivity contribution >= 4 is 0 Å². The van der Waals surface area contributed by atoms with Crippen LogP contribution in [0.5, 0.6) is 51.7 Å². The van der Waals surface area contributed by atoms with Crippen LogP contribution in [-0.4, -0.2) is 24.9 Å². The topological polar surface area (TPSA) is 103 Å². The molecule has 0 spiro atoms. The van der Waals surface area contributed by atoms with E-state index in [2.05, 4.69) is 19.7 Å². The van der Waals surface area contributed by atoms with E-state index in [-0.39, 0.29) is 39.6 Å².